The number of urea groups is 1. The minimum atomic E-state index is -0.451. The van der Waals surface area contributed by atoms with Crippen molar-refractivity contribution >= 4 is 22.7 Å². The van der Waals surface area contributed by atoms with Crippen LogP contribution >= 0.6 is 0 Å². The maximum absolute atomic E-state index is 13.7. The number of fused-ring (bicyclic) bond motifs is 1. The zero-order valence-corrected chi connectivity index (χ0v) is 12.8. The molecule has 3 rings (SSSR count). The van der Waals surface area contributed by atoms with Crippen molar-refractivity contribution < 1.29 is 13.7 Å². The van der Waals surface area contributed by atoms with Crippen molar-refractivity contribution in [3.05, 3.63) is 59.5 Å². The van der Waals surface area contributed by atoms with Gasteiger partial charge in [-0.15, -0.1) is 0 Å². The third kappa shape index (κ3) is 3.01. The number of nitrogens with one attached hydrogen (secondary N) is 1. The van der Waals surface area contributed by atoms with Crippen LogP contribution < -0.4 is 10.2 Å². The third-order valence-corrected chi connectivity index (χ3v) is 3.63. The molecular weight excluding hydrogens is 297 g/mol. The number of anilines is 1. The average Bonchev–Trinajstić information content (AvgIpc) is 2.94. The second-order valence-corrected chi connectivity index (χ2v) is 5.30. The quantitative estimate of drug-likeness (QED) is 0.803. The second kappa shape index (κ2) is 6.08. The van der Waals surface area contributed by atoms with Crippen LogP contribution in [0.25, 0.3) is 11.0 Å². The van der Waals surface area contributed by atoms with Crippen molar-refractivity contribution in [3.8, 4) is 0 Å². The van der Waals surface area contributed by atoms with E-state index in [4.69, 9.17) is 4.52 Å². The molecule has 0 aliphatic rings. The van der Waals surface area contributed by atoms with Crippen LogP contribution in [-0.2, 0) is 6.54 Å². The number of para-hydroxylation sites is 1. The van der Waals surface area contributed by atoms with Gasteiger partial charge >= 0.3 is 6.03 Å². The molecule has 2 amide bonds. The smallest absolute Gasteiger partial charge is 0.322 e. The number of benzene rings is 2. The average molecular weight is 313 g/mol. The number of rotatable bonds is 3. The molecule has 0 saturated heterocycles. The highest BCUT2D eigenvalue weighted by atomic mass is 19.1. The summed E-state index contributed by atoms with van der Waals surface area (Å²) in [7, 11) is 1.51. The Bertz CT molecular complexity index is 860. The van der Waals surface area contributed by atoms with Gasteiger partial charge in [0.1, 0.15) is 11.5 Å². The van der Waals surface area contributed by atoms with Crippen molar-refractivity contribution in [2.45, 2.75) is 13.5 Å². The molecular formula is C17H16FN3O2. The van der Waals surface area contributed by atoms with Gasteiger partial charge in [0.2, 0.25) is 0 Å². The number of halogens is 1. The minimum absolute atomic E-state index is 0.202. The summed E-state index contributed by atoms with van der Waals surface area (Å²) in [5.41, 5.74) is 2.60. The van der Waals surface area contributed by atoms with Crippen LogP contribution in [0.4, 0.5) is 14.9 Å². The van der Waals surface area contributed by atoms with E-state index in [0.29, 0.717) is 11.3 Å². The Labute approximate surface area is 132 Å². The second-order valence-electron chi connectivity index (χ2n) is 5.30. The van der Waals surface area contributed by atoms with Crippen LogP contribution in [0.15, 0.2) is 47.0 Å². The fourth-order valence-corrected chi connectivity index (χ4v) is 2.34. The Morgan fingerprint density at radius 1 is 1.30 bits per heavy atom. The van der Waals surface area contributed by atoms with E-state index in [9.17, 15) is 9.18 Å². The van der Waals surface area contributed by atoms with Crippen LogP contribution in [0.3, 0.4) is 0 Å². The highest BCUT2D eigenvalue weighted by Gasteiger charge is 2.15. The highest BCUT2D eigenvalue weighted by Crippen LogP contribution is 2.20. The van der Waals surface area contributed by atoms with Crippen LogP contribution in [0.5, 0.6) is 0 Å². The molecule has 2 aromatic carbocycles. The number of aromatic nitrogens is 1. The predicted octanol–water partition coefficient (Wildman–Crippen LogP) is 3.62. The first-order valence-electron chi connectivity index (χ1n) is 7.17. The molecule has 1 N–H and O–H groups in total. The molecule has 0 spiro atoms. The van der Waals surface area contributed by atoms with Crippen LogP contribution in [0, 0.1) is 12.7 Å². The standard InChI is InChI=1S/C17H16FN3O2/c1-11-7-8-16-12(9-11)14(20-23-16)10-19-17(22)21(2)15-6-4-3-5-13(15)18/h3-9H,10H2,1-2H3,(H,19,22). The molecule has 23 heavy (non-hydrogen) atoms. The van der Waals surface area contributed by atoms with E-state index in [1.54, 1.807) is 18.2 Å². The third-order valence-electron chi connectivity index (χ3n) is 3.63. The maximum atomic E-state index is 13.7. The summed E-state index contributed by atoms with van der Waals surface area (Å²) in [6.45, 7) is 2.18. The first-order valence-corrected chi connectivity index (χ1v) is 7.17. The van der Waals surface area contributed by atoms with Gasteiger partial charge in [0, 0.05) is 12.4 Å². The Morgan fingerprint density at radius 2 is 2.09 bits per heavy atom. The molecule has 118 valence electrons. The number of nitrogens with zero attached hydrogens (tertiary/aromatic N) is 2. The molecule has 0 aliphatic heterocycles. The summed E-state index contributed by atoms with van der Waals surface area (Å²) in [4.78, 5) is 13.4. The number of amides is 2. The predicted molar refractivity (Wildman–Crippen MR) is 85.8 cm³/mol. The number of aryl methyl sites for hydroxylation is 1. The molecule has 0 atom stereocenters. The topological polar surface area (TPSA) is 58.4 Å². The molecule has 0 fully saturated rings. The summed E-state index contributed by atoms with van der Waals surface area (Å²) >= 11 is 0. The Kier molecular flexibility index (Phi) is 3.97. The van der Waals surface area contributed by atoms with Crippen molar-refractivity contribution in [1.29, 1.82) is 0 Å². The fourth-order valence-electron chi connectivity index (χ4n) is 2.34. The van der Waals surface area contributed by atoms with E-state index in [1.807, 2.05) is 25.1 Å². The Balaban J connectivity index is 1.73. The molecule has 0 aliphatic carbocycles. The first kappa shape index (κ1) is 15.0. The van der Waals surface area contributed by atoms with Crippen molar-refractivity contribution in [3.63, 3.8) is 0 Å². The number of hydrogen-bond acceptors (Lipinski definition) is 3. The lowest BCUT2D eigenvalue weighted by molar-refractivity contribution is 0.246. The van der Waals surface area contributed by atoms with E-state index < -0.39 is 11.8 Å². The van der Waals surface area contributed by atoms with Gasteiger partial charge in [-0.25, -0.2) is 9.18 Å². The van der Waals surface area contributed by atoms with Crippen molar-refractivity contribution in [2.75, 3.05) is 11.9 Å². The van der Waals surface area contributed by atoms with Gasteiger partial charge in [-0.05, 0) is 31.2 Å². The zero-order chi connectivity index (χ0) is 16.4. The van der Waals surface area contributed by atoms with Gasteiger partial charge in [0.05, 0.1) is 12.2 Å². The van der Waals surface area contributed by atoms with E-state index in [-0.39, 0.29) is 12.2 Å². The van der Waals surface area contributed by atoms with Crippen molar-refractivity contribution in [2.24, 2.45) is 0 Å². The van der Waals surface area contributed by atoms with Crippen LogP contribution in [-0.4, -0.2) is 18.2 Å². The normalized spacial score (nSPS) is 10.7. The first-order chi connectivity index (χ1) is 11.1. The van der Waals surface area contributed by atoms with E-state index in [1.165, 1.54) is 18.0 Å². The lowest BCUT2D eigenvalue weighted by atomic mass is 10.1. The molecule has 5 nitrogen and oxygen atoms in total. The lowest BCUT2D eigenvalue weighted by Crippen LogP contribution is -2.37. The van der Waals surface area contributed by atoms with E-state index >= 15 is 0 Å². The number of carbonyl (C=O) groups excluding carboxylic acids is 1. The summed E-state index contributed by atoms with van der Waals surface area (Å²) < 4.78 is 18.9. The van der Waals surface area contributed by atoms with Gasteiger partial charge < -0.3 is 9.84 Å². The Hall–Kier alpha value is -2.89. The molecule has 3 aromatic rings. The summed E-state index contributed by atoms with van der Waals surface area (Å²) in [5, 5.41) is 7.56. The van der Waals surface area contributed by atoms with Crippen LogP contribution in [0.1, 0.15) is 11.3 Å². The summed E-state index contributed by atoms with van der Waals surface area (Å²) in [6.07, 6.45) is 0. The molecule has 6 heteroatoms. The van der Waals surface area contributed by atoms with Gasteiger partial charge in [-0.1, -0.05) is 28.9 Å². The molecule has 1 heterocycles. The largest absolute Gasteiger partial charge is 0.356 e. The Morgan fingerprint density at radius 3 is 2.87 bits per heavy atom. The van der Waals surface area contributed by atoms with Gasteiger partial charge in [0.25, 0.3) is 0 Å². The molecule has 0 radical (unpaired) electrons. The zero-order valence-electron chi connectivity index (χ0n) is 12.8. The SMILES string of the molecule is Cc1ccc2onc(CNC(=O)N(C)c3ccccc3F)c2c1. The number of carbonyl (C=O) groups is 1. The molecule has 0 unspecified atom stereocenters. The van der Waals surface area contributed by atoms with Gasteiger partial charge in [-0.3, -0.25) is 4.90 Å². The van der Waals surface area contributed by atoms with Crippen molar-refractivity contribution in [1.82, 2.24) is 10.5 Å². The van der Waals surface area contributed by atoms with E-state index in [2.05, 4.69) is 10.5 Å². The molecule has 0 bridgehead atoms. The maximum Gasteiger partial charge on any atom is 0.322 e. The monoisotopic (exact) mass is 313 g/mol. The lowest BCUT2D eigenvalue weighted by Gasteiger charge is -2.18. The minimum Gasteiger partial charge on any atom is -0.356 e. The fraction of sp³-hybridized carbons (Fsp3) is 0.176. The van der Waals surface area contributed by atoms with E-state index in [0.717, 1.165) is 10.9 Å². The van der Waals surface area contributed by atoms with Crippen LogP contribution in [0.2, 0.25) is 0 Å². The number of hydrogen-bond donors (Lipinski definition) is 1. The summed E-state index contributed by atoms with van der Waals surface area (Å²) in [6, 6.07) is 11.4. The van der Waals surface area contributed by atoms with Gasteiger partial charge in [-0.2, -0.15) is 0 Å². The van der Waals surface area contributed by atoms with Gasteiger partial charge in [0.15, 0.2) is 5.58 Å². The summed E-state index contributed by atoms with van der Waals surface area (Å²) in [5.74, 6) is -0.451. The molecule has 0 saturated carbocycles. The molecule has 1 aromatic heterocycles. The highest BCUT2D eigenvalue weighted by molar-refractivity contribution is 5.91.